The topological polar surface area (TPSA) is 35.2 Å². The van der Waals surface area contributed by atoms with Crippen molar-refractivity contribution in [1.29, 1.82) is 0 Å². The van der Waals surface area contributed by atoms with Crippen LogP contribution in [-0.2, 0) is 0 Å². The lowest BCUT2D eigenvalue weighted by Crippen LogP contribution is -2.13. The molecule has 1 aromatic heterocycles. The Morgan fingerprint density at radius 3 is 2.53 bits per heavy atom. The lowest BCUT2D eigenvalue weighted by Gasteiger charge is -2.16. The second-order valence-electron chi connectivity index (χ2n) is 3.91. The molecule has 1 rings (SSSR count). The van der Waals surface area contributed by atoms with Crippen LogP contribution >= 0.6 is 11.3 Å². The number of methoxy groups -OCH3 is 1. The molecule has 0 saturated heterocycles. The van der Waals surface area contributed by atoms with Gasteiger partial charge in [-0.15, -0.1) is 11.3 Å². The number of hydrogen-bond donors (Lipinski definition) is 1. The maximum absolute atomic E-state index is 6.17. The van der Waals surface area contributed by atoms with Gasteiger partial charge in [0.25, 0.3) is 0 Å². The average Bonchev–Trinajstić information content (AvgIpc) is 2.74. The van der Waals surface area contributed by atoms with E-state index in [2.05, 4.69) is 19.9 Å². The predicted molar refractivity (Wildman–Crippen MR) is 66.5 cm³/mol. The molecule has 2 N–H and O–H groups in total. The van der Waals surface area contributed by atoms with E-state index >= 15 is 0 Å². The van der Waals surface area contributed by atoms with Crippen LogP contribution in [0.2, 0.25) is 0 Å². The Kier molecular flexibility index (Phi) is 5.12. The number of nitrogens with two attached hydrogens (primary N) is 1. The van der Waals surface area contributed by atoms with Gasteiger partial charge in [0.1, 0.15) is 5.75 Å². The number of ether oxygens (including phenoxy) is 1. The fraction of sp³-hybridized carbons (Fsp3) is 0.667. The van der Waals surface area contributed by atoms with Gasteiger partial charge in [-0.3, -0.25) is 0 Å². The Morgan fingerprint density at radius 1 is 1.40 bits per heavy atom. The van der Waals surface area contributed by atoms with Gasteiger partial charge in [-0.05, 0) is 18.4 Å². The summed E-state index contributed by atoms with van der Waals surface area (Å²) in [6.07, 6.45) is 3.51. The molecular formula is C12H21NOS. The Labute approximate surface area is 96.4 Å². The summed E-state index contributed by atoms with van der Waals surface area (Å²) in [5.41, 5.74) is 6.17. The summed E-state index contributed by atoms with van der Waals surface area (Å²) in [5, 5.41) is 2.02. The molecule has 86 valence electrons. The van der Waals surface area contributed by atoms with E-state index in [-0.39, 0.29) is 6.04 Å². The highest BCUT2D eigenvalue weighted by Crippen LogP contribution is 2.30. The van der Waals surface area contributed by atoms with Gasteiger partial charge >= 0.3 is 0 Å². The molecule has 0 aliphatic heterocycles. The van der Waals surface area contributed by atoms with Crippen LogP contribution in [0.15, 0.2) is 11.4 Å². The number of hydrogen-bond acceptors (Lipinski definition) is 3. The normalized spacial score (nSPS) is 13.1. The Morgan fingerprint density at radius 2 is 2.07 bits per heavy atom. The lowest BCUT2D eigenvalue weighted by molar-refractivity contribution is 0.409. The van der Waals surface area contributed by atoms with Crippen molar-refractivity contribution in [3.8, 4) is 5.75 Å². The molecule has 1 unspecified atom stereocenters. The third-order valence-corrected chi connectivity index (χ3v) is 3.98. The smallest absolute Gasteiger partial charge is 0.129 e. The summed E-state index contributed by atoms with van der Waals surface area (Å²) in [6.45, 7) is 4.46. The standard InChI is InChI=1S/C12H21NOS/c1-4-9(5-2)6-11(13)12-7-10(14-3)8-15-12/h7-9,11H,4-6,13H2,1-3H3. The van der Waals surface area contributed by atoms with Crippen LogP contribution in [0.4, 0.5) is 0 Å². The summed E-state index contributed by atoms with van der Waals surface area (Å²) in [6, 6.07) is 2.22. The highest BCUT2D eigenvalue weighted by atomic mass is 32.1. The van der Waals surface area contributed by atoms with E-state index in [1.54, 1.807) is 18.4 Å². The SMILES string of the molecule is CCC(CC)CC(N)c1cc(OC)cs1. The number of thiophene rings is 1. The lowest BCUT2D eigenvalue weighted by atomic mass is 9.94. The second kappa shape index (κ2) is 6.13. The molecule has 0 aliphatic carbocycles. The van der Waals surface area contributed by atoms with Crippen molar-refractivity contribution in [3.63, 3.8) is 0 Å². The van der Waals surface area contributed by atoms with Crippen molar-refractivity contribution in [3.05, 3.63) is 16.3 Å². The third kappa shape index (κ3) is 3.50. The highest BCUT2D eigenvalue weighted by molar-refractivity contribution is 7.10. The van der Waals surface area contributed by atoms with Crippen molar-refractivity contribution in [2.75, 3.05) is 7.11 Å². The summed E-state index contributed by atoms with van der Waals surface area (Å²) in [7, 11) is 1.69. The van der Waals surface area contributed by atoms with Crippen molar-refractivity contribution in [1.82, 2.24) is 0 Å². The zero-order valence-electron chi connectivity index (χ0n) is 9.82. The molecule has 0 saturated carbocycles. The van der Waals surface area contributed by atoms with Crippen LogP contribution in [0.1, 0.15) is 44.0 Å². The van der Waals surface area contributed by atoms with E-state index in [1.165, 1.54) is 17.7 Å². The molecule has 0 spiro atoms. The van der Waals surface area contributed by atoms with E-state index in [9.17, 15) is 0 Å². The molecule has 0 radical (unpaired) electrons. The van der Waals surface area contributed by atoms with Crippen molar-refractivity contribution in [2.24, 2.45) is 11.7 Å². The third-order valence-electron chi connectivity index (χ3n) is 2.94. The van der Waals surface area contributed by atoms with Gasteiger partial charge < -0.3 is 10.5 Å². The van der Waals surface area contributed by atoms with Crippen LogP contribution in [-0.4, -0.2) is 7.11 Å². The summed E-state index contributed by atoms with van der Waals surface area (Å²) in [5.74, 6) is 1.67. The molecule has 15 heavy (non-hydrogen) atoms. The maximum atomic E-state index is 6.17. The fourth-order valence-electron chi connectivity index (χ4n) is 1.73. The highest BCUT2D eigenvalue weighted by Gasteiger charge is 2.14. The van der Waals surface area contributed by atoms with E-state index < -0.39 is 0 Å². The quantitative estimate of drug-likeness (QED) is 0.806. The van der Waals surface area contributed by atoms with Crippen molar-refractivity contribution in [2.45, 2.75) is 39.2 Å². The van der Waals surface area contributed by atoms with Gasteiger partial charge in [0.2, 0.25) is 0 Å². The van der Waals surface area contributed by atoms with Gasteiger partial charge in [0, 0.05) is 16.3 Å². The van der Waals surface area contributed by atoms with Crippen LogP contribution in [0.25, 0.3) is 0 Å². The molecule has 0 aliphatic rings. The van der Waals surface area contributed by atoms with Gasteiger partial charge in [-0.1, -0.05) is 26.7 Å². The van der Waals surface area contributed by atoms with Crippen LogP contribution in [0, 0.1) is 5.92 Å². The monoisotopic (exact) mass is 227 g/mol. The number of rotatable bonds is 6. The second-order valence-corrected chi connectivity index (χ2v) is 4.86. The summed E-state index contributed by atoms with van der Waals surface area (Å²) in [4.78, 5) is 1.23. The molecule has 1 aromatic rings. The molecule has 0 bridgehead atoms. The van der Waals surface area contributed by atoms with Gasteiger partial charge in [-0.25, -0.2) is 0 Å². The van der Waals surface area contributed by atoms with Crippen LogP contribution in [0.3, 0.4) is 0 Å². The fourth-order valence-corrected chi connectivity index (χ4v) is 2.60. The van der Waals surface area contributed by atoms with E-state index in [1.807, 2.05) is 5.38 Å². The summed E-state index contributed by atoms with van der Waals surface area (Å²) < 4.78 is 5.16. The molecule has 0 amide bonds. The first kappa shape index (κ1) is 12.5. The zero-order valence-corrected chi connectivity index (χ0v) is 10.6. The van der Waals surface area contributed by atoms with Gasteiger partial charge in [0.15, 0.2) is 0 Å². The summed E-state index contributed by atoms with van der Waals surface area (Å²) >= 11 is 1.70. The minimum absolute atomic E-state index is 0.170. The van der Waals surface area contributed by atoms with Gasteiger partial charge in [-0.2, -0.15) is 0 Å². The predicted octanol–water partition coefficient (Wildman–Crippen LogP) is 3.58. The zero-order chi connectivity index (χ0) is 11.3. The van der Waals surface area contributed by atoms with Crippen LogP contribution < -0.4 is 10.5 Å². The molecular weight excluding hydrogens is 206 g/mol. The molecule has 0 aromatic carbocycles. The molecule has 2 nitrogen and oxygen atoms in total. The molecule has 0 fully saturated rings. The van der Waals surface area contributed by atoms with E-state index in [4.69, 9.17) is 10.5 Å². The Hall–Kier alpha value is -0.540. The van der Waals surface area contributed by atoms with Crippen molar-refractivity contribution >= 4 is 11.3 Å². The maximum Gasteiger partial charge on any atom is 0.129 e. The molecule has 1 atom stereocenters. The average molecular weight is 227 g/mol. The van der Waals surface area contributed by atoms with Gasteiger partial charge in [0.05, 0.1) is 7.11 Å². The first-order valence-electron chi connectivity index (χ1n) is 5.59. The van der Waals surface area contributed by atoms with E-state index in [0.717, 1.165) is 18.1 Å². The Bertz CT molecular complexity index is 281. The van der Waals surface area contributed by atoms with Crippen molar-refractivity contribution < 1.29 is 4.74 Å². The first-order valence-corrected chi connectivity index (χ1v) is 6.47. The minimum Gasteiger partial charge on any atom is -0.496 e. The minimum atomic E-state index is 0.170. The largest absolute Gasteiger partial charge is 0.496 e. The van der Waals surface area contributed by atoms with Crippen LogP contribution in [0.5, 0.6) is 5.75 Å². The Balaban J connectivity index is 2.55. The van der Waals surface area contributed by atoms with E-state index in [0.29, 0.717) is 0 Å². The first-order chi connectivity index (χ1) is 7.21. The molecule has 1 heterocycles. The molecule has 3 heteroatoms.